The fourth-order valence-corrected chi connectivity index (χ4v) is 3.61. The van der Waals surface area contributed by atoms with E-state index in [0.29, 0.717) is 27.9 Å². The molecule has 0 radical (unpaired) electrons. The molecule has 140 valence electrons. The lowest BCUT2D eigenvalue weighted by Crippen LogP contribution is -2.38. The summed E-state index contributed by atoms with van der Waals surface area (Å²) in [7, 11) is 1.52. The van der Waals surface area contributed by atoms with Gasteiger partial charge in [-0.3, -0.25) is 9.88 Å². The molecule has 1 aromatic heterocycles. The maximum Gasteiger partial charge on any atom is 0.411 e. The van der Waals surface area contributed by atoms with Crippen LogP contribution in [0.4, 0.5) is 4.79 Å². The number of halogens is 2. The molecule has 26 heavy (non-hydrogen) atoms. The second kappa shape index (κ2) is 6.76. The van der Waals surface area contributed by atoms with Crippen LogP contribution in [0, 0.1) is 0 Å². The minimum atomic E-state index is -0.592. The van der Waals surface area contributed by atoms with E-state index in [1.165, 1.54) is 7.11 Å². The molecule has 1 aliphatic rings. The van der Waals surface area contributed by atoms with Crippen LogP contribution in [0.15, 0.2) is 12.3 Å². The zero-order valence-electron chi connectivity index (χ0n) is 15.1. The lowest BCUT2D eigenvalue weighted by atomic mass is 10.0. The van der Waals surface area contributed by atoms with Gasteiger partial charge in [-0.1, -0.05) is 23.2 Å². The van der Waals surface area contributed by atoms with Crippen molar-refractivity contribution in [2.45, 2.75) is 39.0 Å². The number of amides is 1. The Morgan fingerprint density at radius 3 is 2.65 bits per heavy atom. The number of hydrogen-bond donors (Lipinski definition) is 1. The third kappa shape index (κ3) is 3.17. The normalized spacial score (nSPS) is 16.7. The first-order chi connectivity index (χ1) is 12.2. The summed E-state index contributed by atoms with van der Waals surface area (Å²) in [5, 5.41) is 1.42. The molecule has 0 fully saturated rings. The molecule has 0 saturated carbocycles. The maximum atomic E-state index is 12.6. The first-order valence-electron chi connectivity index (χ1n) is 8.21. The number of carbonyl (C=O) groups excluding carboxylic acids is 1. The summed E-state index contributed by atoms with van der Waals surface area (Å²) in [4.78, 5) is 18.7. The van der Waals surface area contributed by atoms with Crippen LogP contribution < -0.4 is 10.5 Å². The molecule has 0 spiro atoms. The highest BCUT2D eigenvalue weighted by atomic mass is 35.5. The second-order valence-electron chi connectivity index (χ2n) is 7.15. The highest BCUT2D eigenvalue weighted by Gasteiger charge is 2.37. The number of carbonyl (C=O) groups is 1. The summed E-state index contributed by atoms with van der Waals surface area (Å²) >= 11 is 12.6. The number of methoxy groups -OCH3 is 1. The van der Waals surface area contributed by atoms with E-state index in [1.807, 2.05) is 20.8 Å². The fourth-order valence-electron chi connectivity index (χ4n) is 3.14. The van der Waals surface area contributed by atoms with E-state index < -0.39 is 11.7 Å². The largest absolute Gasteiger partial charge is 0.495 e. The molecule has 1 aliphatic heterocycles. The van der Waals surface area contributed by atoms with E-state index in [0.717, 1.165) is 16.5 Å². The van der Waals surface area contributed by atoms with Gasteiger partial charge in [0, 0.05) is 18.1 Å². The Hall–Kier alpha value is -1.76. The van der Waals surface area contributed by atoms with Gasteiger partial charge in [-0.05, 0) is 38.0 Å². The van der Waals surface area contributed by atoms with Crippen molar-refractivity contribution in [2.75, 3.05) is 13.7 Å². The Morgan fingerprint density at radius 2 is 2.08 bits per heavy atom. The molecular weight excluding hydrogens is 377 g/mol. The minimum absolute atomic E-state index is 0.262. The van der Waals surface area contributed by atoms with Gasteiger partial charge >= 0.3 is 6.09 Å². The number of benzene rings is 1. The van der Waals surface area contributed by atoms with E-state index in [4.69, 9.17) is 38.4 Å². The van der Waals surface area contributed by atoms with Gasteiger partial charge in [0.1, 0.15) is 16.4 Å². The van der Waals surface area contributed by atoms with Crippen LogP contribution in [-0.4, -0.2) is 35.2 Å². The van der Waals surface area contributed by atoms with Gasteiger partial charge < -0.3 is 15.2 Å². The predicted octanol–water partition coefficient (Wildman–Crippen LogP) is 4.30. The highest BCUT2D eigenvalue weighted by Crippen LogP contribution is 2.43. The molecule has 2 N–H and O–H groups in total. The highest BCUT2D eigenvalue weighted by molar-refractivity contribution is 6.46. The Kier molecular flexibility index (Phi) is 4.94. The van der Waals surface area contributed by atoms with Crippen molar-refractivity contribution in [3.05, 3.63) is 33.4 Å². The van der Waals surface area contributed by atoms with Crippen LogP contribution in [0.25, 0.3) is 10.9 Å². The lowest BCUT2D eigenvalue weighted by molar-refractivity contribution is 0.0179. The smallest absolute Gasteiger partial charge is 0.411 e. The molecule has 2 aromatic rings. The van der Waals surface area contributed by atoms with Crippen LogP contribution >= 0.6 is 23.2 Å². The number of ether oxygens (including phenoxy) is 2. The lowest BCUT2D eigenvalue weighted by Gasteiger charge is -2.28. The van der Waals surface area contributed by atoms with E-state index >= 15 is 0 Å². The Morgan fingerprint density at radius 1 is 1.38 bits per heavy atom. The maximum absolute atomic E-state index is 12.6. The van der Waals surface area contributed by atoms with Gasteiger partial charge in [0.15, 0.2) is 0 Å². The minimum Gasteiger partial charge on any atom is -0.495 e. The zero-order valence-corrected chi connectivity index (χ0v) is 16.6. The average Bonchev–Trinajstić information content (AvgIpc) is 2.95. The Labute approximate surface area is 162 Å². The third-order valence-electron chi connectivity index (χ3n) is 4.29. The Balaban J connectivity index is 2.12. The van der Waals surface area contributed by atoms with E-state index in [1.54, 1.807) is 17.2 Å². The molecular formula is C18H21Cl2N3O3. The van der Waals surface area contributed by atoms with Crippen LogP contribution in [0.5, 0.6) is 5.75 Å². The number of aromatic nitrogens is 1. The average molecular weight is 398 g/mol. The first-order valence-corrected chi connectivity index (χ1v) is 8.96. The summed E-state index contributed by atoms with van der Waals surface area (Å²) in [6.45, 7) is 6.10. The van der Waals surface area contributed by atoms with E-state index in [9.17, 15) is 4.79 Å². The molecule has 6 nitrogen and oxygen atoms in total. The predicted molar refractivity (Wildman–Crippen MR) is 102 cm³/mol. The summed E-state index contributed by atoms with van der Waals surface area (Å²) in [5.41, 5.74) is 7.73. The van der Waals surface area contributed by atoms with E-state index in [-0.39, 0.29) is 12.6 Å². The van der Waals surface area contributed by atoms with Gasteiger partial charge in [0.25, 0.3) is 0 Å². The standard InChI is InChI=1S/C18H21Cl2N3O3/c1-18(2,3)26-17(24)23-8-11-9-5-13(25-4)14(19)15(20)16(9)22-7-10(11)12(23)6-21/h5,7,12H,6,8,21H2,1-4H3. The zero-order chi connectivity index (χ0) is 19.2. The number of pyridine rings is 1. The molecule has 1 unspecified atom stereocenters. The molecule has 1 atom stereocenters. The molecule has 0 aliphatic carbocycles. The van der Waals surface area contributed by atoms with Crippen LogP contribution in [-0.2, 0) is 11.3 Å². The summed E-state index contributed by atoms with van der Waals surface area (Å²) in [5.74, 6) is 0.458. The van der Waals surface area contributed by atoms with Gasteiger partial charge in [-0.25, -0.2) is 4.79 Å². The summed E-state index contributed by atoms with van der Waals surface area (Å²) in [6.07, 6.45) is 1.29. The fraction of sp³-hybridized carbons (Fsp3) is 0.444. The summed E-state index contributed by atoms with van der Waals surface area (Å²) < 4.78 is 10.8. The topological polar surface area (TPSA) is 77.7 Å². The van der Waals surface area contributed by atoms with Crippen molar-refractivity contribution in [1.29, 1.82) is 0 Å². The van der Waals surface area contributed by atoms with Crippen molar-refractivity contribution in [2.24, 2.45) is 5.73 Å². The SMILES string of the molecule is COc1cc2c3c(cnc2c(Cl)c1Cl)C(CN)N(C(=O)OC(C)(C)C)C3. The molecule has 2 heterocycles. The number of hydrogen-bond acceptors (Lipinski definition) is 5. The van der Waals surface area contributed by atoms with Crippen molar-refractivity contribution in [3.8, 4) is 5.75 Å². The Bertz CT molecular complexity index is 880. The van der Waals surface area contributed by atoms with Gasteiger partial charge in [-0.2, -0.15) is 0 Å². The number of nitrogens with zero attached hydrogens (tertiary/aromatic N) is 2. The van der Waals surface area contributed by atoms with Crippen LogP contribution in [0.2, 0.25) is 10.0 Å². The van der Waals surface area contributed by atoms with Gasteiger partial charge in [-0.15, -0.1) is 0 Å². The van der Waals surface area contributed by atoms with Gasteiger partial charge in [0.05, 0.1) is 30.2 Å². The van der Waals surface area contributed by atoms with Crippen molar-refractivity contribution >= 4 is 40.2 Å². The van der Waals surface area contributed by atoms with E-state index in [2.05, 4.69) is 4.98 Å². The van der Waals surface area contributed by atoms with Gasteiger partial charge in [0.2, 0.25) is 0 Å². The molecule has 8 heteroatoms. The third-order valence-corrected chi connectivity index (χ3v) is 5.13. The molecule has 3 rings (SSSR count). The van der Waals surface area contributed by atoms with Crippen LogP contribution in [0.3, 0.4) is 0 Å². The van der Waals surface area contributed by atoms with Crippen molar-refractivity contribution < 1.29 is 14.3 Å². The quantitative estimate of drug-likeness (QED) is 0.816. The van der Waals surface area contributed by atoms with Crippen LogP contribution in [0.1, 0.15) is 37.9 Å². The van der Waals surface area contributed by atoms with Crippen molar-refractivity contribution in [3.63, 3.8) is 0 Å². The summed E-state index contributed by atoms with van der Waals surface area (Å²) in [6, 6.07) is 1.49. The first kappa shape index (κ1) is 19.0. The van der Waals surface area contributed by atoms with Crippen molar-refractivity contribution in [1.82, 2.24) is 9.88 Å². The number of fused-ring (bicyclic) bond motifs is 3. The number of rotatable bonds is 2. The molecule has 0 saturated heterocycles. The second-order valence-corrected chi connectivity index (χ2v) is 7.91. The molecule has 1 aromatic carbocycles. The monoisotopic (exact) mass is 397 g/mol. The molecule has 0 bridgehead atoms. The number of nitrogens with two attached hydrogens (primary N) is 1. The molecule has 1 amide bonds.